The van der Waals surface area contributed by atoms with Gasteiger partial charge >= 0.3 is 7.12 Å². The van der Waals surface area contributed by atoms with Crippen molar-refractivity contribution in [1.29, 1.82) is 0 Å². The first-order valence-corrected chi connectivity index (χ1v) is 11.8. The van der Waals surface area contributed by atoms with Crippen molar-refractivity contribution in [3.63, 3.8) is 0 Å². The van der Waals surface area contributed by atoms with E-state index >= 15 is 0 Å². The number of aromatic nitrogens is 4. The summed E-state index contributed by atoms with van der Waals surface area (Å²) in [5.41, 5.74) is 6.86. The molecule has 6 nitrogen and oxygen atoms in total. The van der Waals surface area contributed by atoms with Crippen molar-refractivity contribution in [3.05, 3.63) is 102 Å². The second kappa shape index (κ2) is 8.48. The fourth-order valence-corrected chi connectivity index (χ4v) is 5.08. The van der Waals surface area contributed by atoms with Crippen LogP contribution in [0.2, 0.25) is 0 Å². The van der Waals surface area contributed by atoms with E-state index in [-0.39, 0.29) is 5.41 Å². The van der Waals surface area contributed by atoms with Gasteiger partial charge in [-0.15, -0.1) is 0 Å². The van der Waals surface area contributed by atoms with E-state index in [0.717, 1.165) is 33.4 Å². The molecular formula is C29H23BN4O2. The van der Waals surface area contributed by atoms with E-state index in [2.05, 4.69) is 24.9 Å². The molecule has 0 unspecified atom stereocenters. The molecule has 2 aromatic heterocycles. The van der Waals surface area contributed by atoms with Gasteiger partial charge in [-0.1, -0.05) is 86.6 Å². The highest BCUT2D eigenvalue weighted by molar-refractivity contribution is 6.58. The quantitative estimate of drug-likeness (QED) is 0.382. The van der Waals surface area contributed by atoms with Crippen LogP contribution < -0.4 is 5.46 Å². The maximum absolute atomic E-state index is 9.77. The van der Waals surface area contributed by atoms with Crippen molar-refractivity contribution in [2.24, 2.45) is 0 Å². The summed E-state index contributed by atoms with van der Waals surface area (Å²) in [5, 5.41) is 19.5. The van der Waals surface area contributed by atoms with Gasteiger partial charge in [0.25, 0.3) is 0 Å². The van der Waals surface area contributed by atoms with Gasteiger partial charge in [-0.25, -0.2) is 15.0 Å². The number of fused-ring (bicyclic) bond motifs is 3. The van der Waals surface area contributed by atoms with E-state index in [1.165, 1.54) is 0 Å². The minimum Gasteiger partial charge on any atom is -0.423 e. The van der Waals surface area contributed by atoms with E-state index in [1.807, 2.05) is 72.8 Å². The Kier molecular flexibility index (Phi) is 5.25. The molecule has 0 fully saturated rings. The molecule has 174 valence electrons. The fraction of sp³-hybridized carbons (Fsp3) is 0.103. The maximum atomic E-state index is 9.77. The molecule has 5 aromatic rings. The number of benzene rings is 3. The average molecular weight is 470 g/mol. The van der Waals surface area contributed by atoms with Crippen LogP contribution in [0.5, 0.6) is 0 Å². The van der Waals surface area contributed by atoms with Gasteiger partial charge in [-0.05, 0) is 39.8 Å². The number of hydrogen-bond donors (Lipinski definition) is 2. The summed E-state index contributed by atoms with van der Waals surface area (Å²) in [6.07, 6.45) is 1.73. The van der Waals surface area contributed by atoms with Crippen LogP contribution in [-0.4, -0.2) is 37.1 Å². The molecule has 0 saturated carbocycles. The standard InChI is InChI=1S/C29H23BN4O2/c1-29(2)23-15-14-19(30(35)36)17-22(23)20-11-8-12-21(25(20)29)27-32-26(18-9-4-3-5-10-18)33-28(34-27)24-13-6-7-16-31-24/h3-17,35-36H,1-2H3. The molecule has 1 aliphatic rings. The lowest BCUT2D eigenvalue weighted by atomic mass is 9.76. The van der Waals surface area contributed by atoms with Gasteiger partial charge in [0, 0.05) is 22.7 Å². The van der Waals surface area contributed by atoms with Crippen molar-refractivity contribution >= 4 is 12.6 Å². The first-order chi connectivity index (χ1) is 17.4. The summed E-state index contributed by atoms with van der Waals surface area (Å²) in [5.74, 6) is 1.67. The van der Waals surface area contributed by atoms with Crippen LogP contribution in [-0.2, 0) is 5.41 Å². The molecule has 0 saturated heterocycles. The third-order valence-corrected chi connectivity index (χ3v) is 6.80. The molecule has 3 aromatic carbocycles. The minimum absolute atomic E-state index is 0.342. The van der Waals surface area contributed by atoms with Gasteiger partial charge in [0.2, 0.25) is 0 Å². The second-order valence-corrected chi connectivity index (χ2v) is 9.42. The average Bonchev–Trinajstić information content (AvgIpc) is 3.15. The molecule has 6 rings (SSSR count). The summed E-state index contributed by atoms with van der Waals surface area (Å²) in [4.78, 5) is 19.0. The van der Waals surface area contributed by atoms with Crippen molar-refractivity contribution in [2.45, 2.75) is 19.3 Å². The van der Waals surface area contributed by atoms with Crippen LogP contribution in [0.25, 0.3) is 45.4 Å². The van der Waals surface area contributed by atoms with Crippen LogP contribution in [0.3, 0.4) is 0 Å². The first-order valence-electron chi connectivity index (χ1n) is 11.8. The summed E-state index contributed by atoms with van der Waals surface area (Å²) >= 11 is 0. The van der Waals surface area contributed by atoms with Gasteiger partial charge in [-0.3, -0.25) is 4.98 Å². The second-order valence-electron chi connectivity index (χ2n) is 9.42. The van der Waals surface area contributed by atoms with Crippen LogP contribution in [0.15, 0.2) is 91.1 Å². The lowest BCUT2D eigenvalue weighted by Crippen LogP contribution is -2.30. The topological polar surface area (TPSA) is 92.0 Å². The molecule has 0 bridgehead atoms. The van der Waals surface area contributed by atoms with Crippen molar-refractivity contribution in [1.82, 2.24) is 19.9 Å². The molecule has 36 heavy (non-hydrogen) atoms. The third kappa shape index (κ3) is 3.61. The van der Waals surface area contributed by atoms with E-state index in [4.69, 9.17) is 15.0 Å². The minimum atomic E-state index is -1.52. The predicted molar refractivity (Wildman–Crippen MR) is 141 cm³/mol. The SMILES string of the molecule is CC1(C)c2ccc(B(O)O)cc2-c2cccc(-c3nc(-c4ccccc4)nc(-c4ccccn4)n3)c21. The van der Waals surface area contributed by atoms with Crippen LogP contribution in [0, 0.1) is 0 Å². The Morgan fingerprint density at radius 3 is 2.14 bits per heavy atom. The zero-order chi connectivity index (χ0) is 24.9. The lowest BCUT2D eigenvalue weighted by molar-refractivity contribution is 0.426. The Bertz CT molecular complexity index is 1530. The van der Waals surface area contributed by atoms with E-state index < -0.39 is 7.12 Å². The molecule has 0 radical (unpaired) electrons. The molecule has 0 spiro atoms. The Morgan fingerprint density at radius 1 is 0.667 bits per heavy atom. The smallest absolute Gasteiger partial charge is 0.423 e. The van der Waals surface area contributed by atoms with Crippen molar-refractivity contribution in [3.8, 4) is 45.4 Å². The highest BCUT2D eigenvalue weighted by Crippen LogP contribution is 2.51. The fourth-order valence-electron chi connectivity index (χ4n) is 5.08. The Balaban J connectivity index is 1.60. The summed E-state index contributed by atoms with van der Waals surface area (Å²) < 4.78 is 0. The Hall–Kier alpha value is -4.20. The molecule has 1 aliphatic carbocycles. The molecule has 2 heterocycles. The van der Waals surface area contributed by atoms with E-state index in [9.17, 15) is 10.0 Å². The van der Waals surface area contributed by atoms with Gasteiger partial charge in [0.05, 0.1) is 0 Å². The van der Waals surface area contributed by atoms with E-state index in [0.29, 0.717) is 28.6 Å². The third-order valence-electron chi connectivity index (χ3n) is 6.80. The van der Waals surface area contributed by atoms with Crippen molar-refractivity contribution in [2.75, 3.05) is 0 Å². The van der Waals surface area contributed by atoms with Crippen molar-refractivity contribution < 1.29 is 10.0 Å². The van der Waals surface area contributed by atoms with Gasteiger partial charge in [-0.2, -0.15) is 0 Å². The Labute approximate surface area is 209 Å². The highest BCUT2D eigenvalue weighted by Gasteiger charge is 2.38. The van der Waals surface area contributed by atoms with Gasteiger partial charge < -0.3 is 10.0 Å². The monoisotopic (exact) mass is 470 g/mol. The number of hydrogen-bond acceptors (Lipinski definition) is 6. The number of rotatable bonds is 4. The molecule has 2 N–H and O–H groups in total. The molecular weight excluding hydrogens is 447 g/mol. The van der Waals surface area contributed by atoms with Crippen LogP contribution >= 0.6 is 0 Å². The summed E-state index contributed by atoms with van der Waals surface area (Å²) in [7, 11) is -1.52. The lowest BCUT2D eigenvalue weighted by Gasteiger charge is -2.24. The Morgan fingerprint density at radius 2 is 1.39 bits per heavy atom. The van der Waals surface area contributed by atoms with Crippen LogP contribution in [0.4, 0.5) is 0 Å². The van der Waals surface area contributed by atoms with Crippen LogP contribution in [0.1, 0.15) is 25.0 Å². The highest BCUT2D eigenvalue weighted by atomic mass is 16.4. The molecule has 0 amide bonds. The number of nitrogens with zero attached hydrogens (tertiary/aromatic N) is 4. The molecule has 7 heteroatoms. The summed E-state index contributed by atoms with van der Waals surface area (Å²) in [6.45, 7) is 4.35. The van der Waals surface area contributed by atoms with Gasteiger partial charge in [0.15, 0.2) is 17.5 Å². The number of pyridine rings is 1. The summed E-state index contributed by atoms with van der Waals surface area (Å²) in [6, 6.07) is 27.3. The zero-order valence-corrected chi connectivity index (χ0v) is 19.9. The maximum Gasteiger partial charge on any atom is 0.488 e. The molecule has 0 atom stereocenters. The first kappa shape index (κ1) is 22.3. The van der Waals surface area contributed by atoms with Gasteiger partial charge in [0.1, 0.15) is 5.69 Å². The molecule has 0 aliphatic heterocycles. The normalized spacial score (nSPS) is 13.2. The predicted octanol–water partition coefficient (Wildman–Crippen LogP) is 4.25. The largest absolute Gasteiger partial charge is 0.488 e. The van der Waals surface area contributed by atoms with E-state index in [1.54, 1.807) is 12.3 Å². The zero-order valence-electron chi connectivity index (χ0n) is 19.9.